The first kappa shape index (κ1) is 16.8. The maximum Gasteiger partial charge on any atom is 0.242 e. The number of fused-ring (bicyclic) bond motifs is 1. The number of anilines is 1. The van der Waals surface area contributed by atoms with E-state index in [0.29, 0.717) is 18.1 Å². The molecule has 1 amide bonds. The molecule has 0 aliphatic carbocycles. The number of amides is 1. The van der Waals surface area contributed by atoms with Gasteiger partial charge in [0.15, 0.2) is 9.84 Å². The van der Waals surface area contributed by atoms with Gasteiger partial charge in [-0.15, -0.1) is 0 Å². The second-order valence-corrected chi connectivity index (χ2v) is 9.67. The number of nitrogens with zero attached hydrogens (tertiary/aromatic N) is 2. The van der Waals surface area contributed by atoms with Gasteiger partial charge >= 0.3 is 0 Å². The van der Waals surface area contributed by atoms with E-state index in [1.807, 2.05) is 11.0 Å². The number of piperazine rings is 1. The maximum atomic E-state index is 12.7. The summed E-state index contributed by atoms with van der Waals surface area (Å²) in [5.74, 6) is 0.841. The van der Waals surface area contributed by atoms with Crippen molar-refractivity contribution in [3.63, 3.8) is 0 Å². The Kier molecular flexibility index (Phi) is 4.45. The fourth-order valence-electron chi connectivity index (χ4n) is 4.40. The van der Waals surface area contributed by atoms with Crippen molar-refractivity contribution in [2.24, 2.45) is 0 Å². The van der Waals surface area contributed by atoms with E-state index in [-0.39, 0.29) is 11.9 Å². The molecule has 1 aromatic carbocycles. The highest BCUT2D eigenvalue weighted by Gasteiger charge is 2.37. The van der Waals surface area contributed by atoms with E-state index in [4.69, 9.17) is 0 Å². The quantitative estimate of drug-likeness (QED) is 0.745. The van der Waals surface area contributed by atoms with Crippen LogP contribution in [0.1, 0.15) is 12.0 Å². The molecule has 2 fully saturated rings. The van der Waals surface area contributed by atoms with E-state index < -0.39 is 9.84 Å². The van der Waals surface area contributed by atoms with E-state index in [2.05, 4.69) is 23.1 Å². The summed E-state index contributed by atoms with van der Waals surface area (Å²) >= 11 is 0. The Hall–Kier alpha value is -1.60. The van der Waals surface area contributed by atoms with Crippen LogP contribution in [-0.4, -0.2) is 76.0 Å². The largest absolute Gasteiger partial charge is 0.362 e. The number of carbonyl (C=O) groups is 1. The molecule has 4 rings (SSSR count). The highest BCUT2D eigenvalue weighted by molar-refractivity contribution is 7.91. The number of hydrogen-bond donors (Lipinski definition) is 1. The Morgan fingerprint density at radius 3 is 2.64 bits per heavy atom. The molecule has 136 valence electrons. The van der Waals surface area contributed by atoms with Gasteiger partial charge < -0.3 is 14.7 Å². The molecule has 2 saturated heterocycles. The summed E-state index contributed by atoms with van der Waals surface area (Å²) < 4.78 is 23.3. The number of rotatable bonds is 3. The number of carbonyl (C=O) groups excluding carboxylic acids is 1. The number of nitrogens with one attached hydrogen (secondary N) is 1. The van der Waals surface area contributed by atoms with Crippen LogP contribution in [0, 0.1) is 0 Å². The molecular weight excluding hydrogens is 338 g/mol. The molecule has 1 N–H and O–H groups in total. The molecule has 0 aromatic heterocycles. The zero-order chi connectivity index (χ0) is 17.4. The highest BCUT2D eigenvalue weighted by atomic mass is 32.2. The summed E-state index contributed by atoms with van der Waals surface area (Å²) in [4.78, 5) is 18.2. The van der Waals surface area contributed by atoms with Crippen molar-refractivity contribution in [3.8, 4) is 0 Å². The standard InChI is InChI=1S/C18H25N3O3S/c22-18(13-21-7-5-15-3-1-2-4-17(15)21)20-10-8-19(9-11-20)16-6-12-25(23,24)14-16/h1-4,16H,5-14H2/p+1/t16-/m1/s1. The predicted molar refractivity (Wildman–Crippen MR) is 96.7 cm³/mol. The second-order valence-electron chi connectivity index (χ2n) is 7.44. The second kappa shape index (κ2) is 6.61. The van der Waals surface area contributed by atoms with Crippen molar-refractivity contribution in [2.75, 3.05) is 55.7 Å². The van der Waals surface area contributed by atoms with Crippen LogP contribution < -0.4 is 9.80 Å². The molecule has 3 aliphatic rings. The van der Waals surface area contributed by atoms with Crippen molar-refractivity contribution in [1.29, 1.82) is 0 Å². The van der Waals surface area contributed by atoms with E-state index >= 15 is 0 Å². The van der Waals surface area contributed by atoms with Crippen molar-refractivity contribution >= 4 is 21.4 Å². The molecule has 3 heterocycles. The smallest absolute Gasteiger partial charge is 0.242 e. The molecule has 6 nitrogen and oxygen atoms in total. The summed E-state index contributed by atoms with van der Waals surface area (Å²) in [6.45, 7) is 4.56. The SMILES string of the molecule is O=C(CN1CCc2ccccc21)N1CC[NH+]([C@@H]2CCS(=O)(=O)C2)CC1. The van der Waals surface area contributed by atoms with Crippen molar-refractivity contribution < 1.29 is 18.1 Å². The molecule has 0 bridgehead atoms. The molecule has 25 heavy (non-hydrogen) atoms. The van der Waals surface area contributed by atoms with Crippen LogP contribution in [0.5, 0.6) is 0 Å². The number of sulfone groups is 1. The number of benzene rings is 1. The Balaban J connectivity index is 1.30. The normalized spacial score (nSPS) is 26.0. The molecular formula is C18H26N3O3S+. The summed E-state index contributed by atoms with van der Waals surface area (Å²) in [7, 11) is -2.83. The lowest BCUT2D eigenvalue weighted by atomic mass is 10.2. The fraction of sp³-hybridized carbons (Fsp3) is 0.611. The Bertz CT molecular complexity index is 757. The first-order valence-corrected chi connectivity index (χ1v) is 11.0. The maximum absolute atomic E-state index is 12.7. The summed E-state index contributed by atoms with van der Waals surface area (Å²) in [5.41, 5.74) is 2.52. The van der Waals surface area contributed by atoms with Crippen LogP contribution in [0.15, 0.2) is 24.3 Å². The van der Waals surface area contributed by atoms with Gasteiger partial charge in [-0.25, -0.2) is 8.42 Å². The highest BCUT2D eigenvalue weighted by Crippen LogP contribution is 2.27. The van der Waals surface area contributed by atoms with Gasteiger partial charge in [0.1, 0.15) is 11.8 Å². The zero-order valence-corrected chi connectivity index (χ0v) is 15.3. The number of quaternary nitrogens is 1. The lowest BCUT2D eigenvalue weighted by Gasteiger charge is -2.35. The zero-order valence-electron chi connectivity index (χ0n) is 14.5. The topological polar surface area (TPSA) is 62.1 Å². The first-order chi connectivity index (χ1) is 12.0. The summed E-state index contributed by atoms with van der Waals surface area (Å²) in [5, 5.41) is 0. The first-order valence-electron chi connectivity index (χ1n) is 9.17. The van der Waals surface area contributed by atoms with Crippen molar-refractivity contribution in [2.45, 2.75) is 18.9 Å². The van der Waals surface area contributed by atoms with Crippen LogP contribution >= 0.6 is 0 Å². The molecule has 0 spiro atoms. The molecule has 1 aromatic rings. The Morgan fingerprint density at radius 2 is 1.92 bits per heavy atom. The monoisotopic (exact) mass is 364 g/mol. The van der Waals surface area contributed by atoms with Gasteiger partial charge in [-0.2, -0.15) is 0 Å². The Labute approximate surface area is 149 Å². The van der Waals surface area contributed by atoms with Gasteiger partial charge in [0, 0.05) is 18.7 Å². The van der Waals surface area contributed by atoms with Crippen molar-refractivity contribution in [3.05, 3.63) is 29.8 Å². The number of para-hydroxylation sites is 1. The van der Waals surface area contributed by atoms with Gasteiger partial charge in [0.2, 0.25) is 5.91 Å². The molecule has 1 atom stereocenters. The minimum atomic E-state index is -2.83. The predicted octanol–water partition coefficient (Wildman–Crippen LogP) is -1.04. The molecule has 7 heteroatoms. The van der Waals surface area contributed by atoms with Gasteiger partial charge in [0.05, 0.1) is 38.5 Å². The van der Waals surface area contributed by atoms with Crippen molar-refractivity contribution in [1.82, 2.24) is 4.90 Å². The fourth-order valence-corrected chi connectivity index (χ4v) is 6.23. The van der Waals surface area contributed by atoms with E-state index in [9.17, 15) is 13.2 Å². The van der Waals surface area contributed by atoms with Crippen LogP contribution in [0.2, 0.25) is 0 Å². The molecule has 0 unspecified atom stereocenters. The third-order valence-corrected chi connectivity index (χ3v) is 7.65. The van der Waals surface area contributed by atoms with E-state index in [1.54, 1.807) is 0 Å². The average Bonchev–Trinajstić information content (AvgIpc) is 3.18. The van der Waals surface area contributed by atoms with Crippen LogP contribution in [-0.2, 0) is 21.1 Å². The molecule has 0 saturated carbocycles. The van der Waals surface area contributed by atoms with Crippen LogP contribution in [0.3, 0.4) is 0 Å². The van der Waals surface area contributed by atoms with Crippen LogP contribution in [0.25, 0.3) is 0 Å². The van der Waals surface area contributed by atoms with Gasteiger partial charge in [-0.05, 0) is 18.1 Å². The average molecular weight is 364 g/mol. The van der Waals surface area contributed by atoms with E-state index in [1.165, 1.54) is 16.2 Å². The number of hydrogen-bond acceptors (Lipinski definition) is 4. The molecule has 0 radical (unpaired) electrons. The third kappa shape index (κ3) is 3.53. The minimum absolute atomic E-state index is 0.190. The van der Waals surface area contributed by atoms with Gasteiger partial charge in [-0.1, -0.05) is 18.2 Å². The van der Waals surface area contributed by atoms with Crippen LogP contribution in [0.4, 0.5) is 5.69 Å². The lowest BCUT2D eigenvalue weighted by molar-refractivity contribution is -0.925. The summed E-state index contributed by atoms with van der Waals surface area (Å²) in [6, 6.07) is 8.54. The van der Waals surface area contributed by atoms with E-state index in [0.717, 1.165) is 45.6 Å². The van der Waals surface area contributed by atoms with Gasteiger partial charge in [-0.3, -0.25) is 4.79 Å². The van der Waals surface area contributed by atoms with Gasteiger partial charge in [0.25, 0.3) is 0 Å². The third-order valence-electron chi connectivity index (χ3n) is 5.88. The lowest BCUT2D eigenvalue weighted by Crippen LogP contribution is -3.18. The minimum Gasteiger partial charge on any atom is -0.362 e. The molecule has 3 aliphatic heterocycles. The summed E-state index contributed by atoms with van der Waals surface area (Å²) in [6.07, 6.45) is 1.79. The Morgan fingerprint density at radius 1 is 1.16 bits per heavy atom.